The number of hydrogen-bond acceptors (Lipinski definition) is 4. The summed E-state index contributed by atoms with van der Waals surface area (Å²) in [5.41, 5.74) is 0.378. The number of amides is 1. The number of carbonyl (C=O) groups excluding carboxylic acids is 1. The predicted molar refractivity (Wildman–Crippen MR) is 69.9 cm³/mol. The number of carbonyl (C=O) groups is 1. The fourth-order valence-corrected chi connectivity index (χ4v) is 1.11. The molecule has 0 unspecified atom stereocenters. The van der Waals surface area contributed by atoms with Gasteiger partial charge in [0, 0.05) is 40.4 Å². The van der Waals surface area contributed by atoms with Crippen LogP contribution in [0.15, 0.2) is 24.3 Å². The standard InChI is InChI=1S/C10H7IN2O4/c11-6-1-7-17-10(14)12-8-2-4-9(5-3-8)13(15)16/h2-5H,7H2,(H,12,14). The Morgan fingerprint density at radius 2 is 2.12 bits per heavy atom. The first-order valence-electron chi connectivity index (χ1n) is 4.40. The van der Waals surface area contributed by atoms with Gasteiger partial charge in [0.25, 0.3) is 5.69 Å². The second-order valence-corrected chi connectivity index (χ2v) is 3.32. The van der Waals surface area contributed by atoms with Crippen LogP contribution < -0.4 is 5.32 Å². The molecule has 1 aromatic rings. The summed E-state index contributed by atoms with van der Waals surface area (Å²) >= 11 is 1.83. The van der Waals surface area contributed by atoms with Crippen molar-refractivity contribution in [2.45, 2.75) is 0 Å². The third kappa shape index (κ3) is 4.69. The maximum Gasteiger partial charge on any atom is 0.412 e. The minimum Gasteiger partial charge on any atom is -0.436 e. The molecule has 0 radical (unpaired) electrons. The molecule has 0 aliphatic rings. The van der Waals surface area contributed by atoms with Crippen LogP contribution in [0.5, 0.6) is 0 Å². The molecule has 0 fully saturated rings. The first-order valence-corrected chi connectivity index (χ1v) is 5.48. The molecule has 0 aliphatic carbocycles. The molecule has 1 N–H and O–H groups in total. The number of non-ortho nitro benzene ring substituents is 1. The number of nitro groups is 1. The van der Waals surface area contributed by atoms with Crippen molar-refractivity contribution in [2.24, 2.45) is 0 Å². The fourth-order valence-electron chi connectivity index (χ4n) is 0.949. The highest BCUT2D eigenvalue weighted by atomic mass is 127. The van der Waals surface area contributed by atoms with Crippen molar-refractivity contribution in [1.82, 2.24) is 0 Å². The number of rotatable bonds is 3. The smallest absolute Gasteiger partial charge is 0.412 e. The normalized spacial score (nSPS) is 8.76. The summed E-state index contributed by atoms with van der Waals surface area (Å²) < 4.78 is 7.25. The zero-order valence-corrected chi connectivity index (χ0v) is 10.6. The van der Waals surface area contributed by atoms with Crippen molar-refractivity contribution in [1.29, 1.82) is 0 Å². The van der Waals surface area contributed by atoms with Gasteiger partial charge in [0.05, 0.1) is 4.92 Å². The summed E-state index contributed by atoms with van der Waals surface area (Å²) in [4.78, 5) is 21.0. The van der Waals surface area contributed by atoms with E-state index in [1.165, 1.54) is 24.3 Å². The Hall–Kier alpha value is -1.82. The molecule has 1 aromatic carbocycles. The average molecular weight is 346 g/mol. The van der Waals surface area contributed by atoms with Gasteiger partial charge >= 0.3 is 6.09 Å². The minimum atomic E-state index is -0.655. The first kappa shape index (κ1) is 13.2. The average Bonchev–Trinajstić information content (AvgIpc) is 2.30. The van der Waals surface area contributed by atoms with Gasteiger partial charge in [-0.05, 0) is 16.1 Å². The van der Waals surface area contributed by atoms with Crippen LogP contribution in [0.3, 0.4) is 0 Å². The highest BCUT2D eigenvalue weighted by Gasteiger charge is 2.06. The van der Waals surface area contributed by atoms with Crippen molar-refractivity contribution in [3.63, 3.8) is 0 Å². The van der Waals surface area contributed by atoms with E-state index in [4.69, 9.17) is 4.74 Å². The Labute approximate surface area is 111 Å². The Kier molecular flexibility index (Phi) is 5.22. The summed E-state index contributed by atoms with van der Waals surface area (Å²) in [6, 6.07) is 5.42. The summed E-state index contributed by atoms with van der Waals surface area (Å²) in [7, 11) is 0. The lowest BCUT2D eigenvalue weighted by Gasteiger charge is -2.03. The van der Waals surface area contributed by atoms with Gasteiger partial charge in [-0.2, -0.15) is 0 Å². The molecule has 0 saturated carbocycles. The molecule has 0 spiro atoms. The lowest BCUT2D eigenvalue weighted by molar-refractivity contribution is -0.384. The van der Waals surface area contributed by atoms with Crippen LogP contribution in [-0.4, -0.2) is 17.6 Å². The maximum absolute atomic E-state index is 11.2. The van der Waals surface area contributed by atoms with Gasteiger partial charge in [0.1, 0.15) is 0 Å². The number of nitrogens with zero attached hydrogens (tertiary/aromatic N) is 1. The number of halogens is 1. The van der Waals surface area contributed by atoms with Crippen molar-refractivity contribution in [3.05, 3.63) is 34.4 Å². The topological polar surface area (TPSA) is 81.5 Å². The minimum absolute atomic E-state index is 0.00174. The second kappa shape index (κ2) is 6.70. The zero-order valence-electron chi connectivity index (χ0n) is 8.47. The van der Waals surface area contributed by atoms with E-state index in [1.54, 1.807) is 0 Å². The van der Waals surface area contributed by atoms with Crippen molar-refractivity contribution in [2.75, 3.05) is 11.9 Å². The number of nitro benzene ring substituents is 1. The number of benzene rings is 1. The second-order valence-electron chi connectivity index (χ2n) is 2.78. The van der Waals surface area contributed by atoms with Crippen LogP contribution in [0.4, 0.5) is 16.2 Å². The molecule has 0 aliphatic heterocycles. The van der Waals surface area contributed by atoms with Crippen LogP contribution in [0.2, 0.25) is 0 Å². The van der Waals surface area contributed by atoms with E-state index < -0.39 is 11.0 Å². The van der Waals surface area contributed by atoms with Crippen LogP contribution >= 0.6 is 22.6 Å². The van der Waals surface area contributed by atoms with Crippen LogP contribution in [0.25, 0.3) is 0 Å². The molecule has 0 heterocycles. The lowest BCUT2D eigenvalue weighted by atomic mass is 10.3. The number of ether oxygens (including phenoxy) is 1. The maximum atomic E-state index is 11.2. The zero-order chi connectivity index (χ0) is 12.7. The van der Waals surface area contributed by atoms with Gasteiger partial charge < -0.3 is 4.74 Å². The molecule has 1 amide bonds. The summed E-state index contributed by atoms with van der Waals surface area (Å²) in [6.45, 7) is 0.00174. The molecule has 0 saturated heterocycles. The van der Waals surface area contributed by atoms with Gasteiger partial charge in [-0.15, -0.1) is 0 Å². The highest BCUT2D eigenvalue weighted by molar-refractivity contribution is 14.1. The van der Waals surface area contributed by atoms with Gasteiger partial charge in [-0.1, -0.05) is 5.92 Å². The Morgan fingerprint density at radius 1 is 1.47 bits per heavy atom. The molecule has 1 rings (SSSR count). The van der Waals surface area contributed by atoms with E-state index in [0.717, 1.165) is 0 Å². The SMILES string of the molecule is O=C(Nc1ccc([N+](=O)[O-])cc1)OCC#CI. The predicted octanol–water partition coefficient (Wildman–Crippen LogP) is 2.54. The van der Waals surface area contributed by atoms with Gasteiger partial charge in [0.2, 0.25) is 0 Å². The molecule has 7 heteroatoms. The lowest BCUT2D eigenvalue weighted by Crippen LogP contribution is -2.13. The Balaban J connectivity index is 2.53. The molecule has 0 atom stereocenters. The van der Waals surface area contributed by atoms with E-state index in [0.29, 0.717) is 5.69 Å². The van der Waals surface area contributed by atoms with Crippen LogP contribution in [-0.2, 0) is 4.74 Å². The van der Waals surface area contributed by atoms with Crippen molar-refractivity contribution < 1.29 is 14.5 Å². The molecular formula is C10H7IN2O4. The van der Waals surface area contributed by atoms with E-state index >= 15 is 0 Å². The van der Waals surface area contributed by atoms with Crippen LogP contribution in [0, 0.1) is 20.0 Å². The monoisotopic (exact) mass is 346 g/mol. The van der Waals surface area contributed by atoms with E-state index in [-0.39, 0.29) is 12.3 Å². The van der Waals surface area contributed by atoms with Gasteiger partial charge in [0.15, 0.2) is 6.61 Å². The van der Waals surface area contributed by atoms with Crippen molar-refractivity contribution >= 4 is 40.1 Å². The molecule has 0 aromatic heterocycles. The Morgan fingerprint density at radius 3 is 2.65 bits per heavy atom. The van der Waals surface area contributed by atoms with Gasteiger partial charge in [-0.3, -0.25) is 15.4 Å². The third-order valence-electron chi connectivity index (χ3n) is 1.67. The molecule has 17 heavy (non-hydrogen) atoms. The summed E-state index contributed by atoms with van der Waals surface area (Å²) in [6.07, 6.45) is -0.655. The number of hydrogen-bond donors (Lipinski definition) is 1. The number of anilines is 1. The summed E-state index contributed by atoms with van der Waals surface area (Å²) in [5.74, 6) is 2.55. The molecular weight excluding hydrogens is 339 g/mol. The third-order valence-corrected chi connectivity index (χ3v) is 2.05. The summed E-state index contributed by atoms with van der Waals surface area (Å²) in [5, 5.41) is 12.8. The largest absolute Gasteiger partial charge is 0.436 e. The highest BCUT2D eigenvalue weighted by Crippen LogP contribution is 2.15. The van der Waals surface area contributed by atoms with E-state index in [2.05, 4.69) is 15.2 Å². The molecule has 88 valence electrons. The quantitative estimate of drug-likeness (QED) is 0.395. The van der Waals surface area contributed by atoms with Gasteiger partial charge in [-0.25, -0.2) is 4.79 Å². The number of nitrogens with one attached hydrogen (secondary N) is 1. The fraction of sp³-hybridized carbons (Fsp3) is 0.100. The van der Waals surface area contributed by atoms with E-state index in [9.17, 15) is 14.9 Å². The molecule has 0 bridgehead atoms. The first-order chi connectivity index (χ1) is 8.13. The van der Waals surface area contributed by atoms with E-state index in [1.807, 2.05) is 22.6 Å². The van der Waals surface area contributed by atoms with Crippen LogP contribution in [0.1, 0.15) is 0 Å². The van der Waals surface area contributed by atoms with Crippen molar-refractivity contribution in [3.8, 4) is 9.85 Å². The molecule has 6 nitrogen and oxygen atoms in total. The Bertz CT molecular complexity index is 475.